The number of nitrogens with zero attached hydrogens (tertiary/aromatic N) is 1. The summed E-state index contributed by atoms with van der Waals surface area (Å²) in [6.07, 6.45) is 0. The maximum Gasteiger partial charge on any atom is 0.310 e. The fraction of sp³-hybridized carbons (Fsp3) is 1.00. The first-order valence-electron chi connectivity index (χ1n) is 6.56. The van der Waals surface area contributed by atoms with Crippen molar-refractivity contribution in [3.8, 4) is 0 Å². The van der Waals surface area contributed by atoms with Crippen molar-refractivity contribution in [1.29, 1.82) is 0 Å². The third-order valence-corrected chi connectivity index (χ3v) is 14.2. The molecule has 0 aliphatic carbocycles. The second-order valence-corrected chi connectivity index (χ2v) is 16.8. The van der Waals surface area contributed by atoms with Crippen molar-refractivity contribution >= 4 is 17.0 Å². The Bertz CT molecular complexity index is 272. The maximum atomic E-state index is 14.7. The lowest BCUT2D eigenvalue weighted by molar-refractivity contribution is 0.489. The van der Waals surface area contributed by atoms with Gasteiger partial charge in [-0.2, -0.15) is 0 Å². The lowest BCUT2D eigenvalue weighted by Crippen LogP contribution is -2.73. The van der Waals surface area contributed by atoms with Gasteiger partial charge in [0.25, 0.3) is 0 Å². The van der Waals surface area contributed by atoms with Crippen molar-refractivity contribution in [2.75, 3.05) is 13.1 Å². The van der Waals surface area contributed by atoms with Crippen molar-refractivity contribution in [2.45, 2.75) is 64.7 Å². The molecule has 102 valence electrons. The van der Waals surface area contributed by atoms with Crippen molar-refractivity contribution in [2.24, 2.45) is 0 Å². The van der Waals surface area contributed by atoms with Crippen molar-refractivity contribution in [1.82, 2.24) is 9.21 Å². The van der Waals surface area contributed by atoms with E-state index in [2.05, 4.69) is 50.8 Å². The van der Waals surface area contributed by atoms with Gasteiger partial charge in [0.05, 0.1) is 0 Å². The average molecular weight is 277 g/mol. The van der Waals surface area contributed by atoms with Crippen LogP contribution in [0, 0.1) is 0 Å². The van der Waals surface area contributed by atoms with Gasteiger partial charge in [0.1, 0.15) is 0 Å². The van der Waals surface area contributed by atoms with E-state index in [0.29, 0.717) is 0 Å². The average Bonchev–Trinajstić information content (AvgIpc) is 2.42. The van der Waals surface area contributed by atoms with Gasteiger partial charge in [-0.25, -0.2) is 0 Å². The van der Waals surface area contributed by atoms with E-state index in [1.165, 1.54) is 0 Å². The summed E-state index contributed by atoms with van der Waals surface area (Å²) in [6, 6.07) is 0. The van der Waals surface area contributed by atoms with E-state index in [4.69, 9.17) is 0 Å². The van der Waals surface area contributed by atoms with Crippen molar-refractivity contribution < 1.29 is 4.11 Å². The molecule has 1 rings (SSSR count). The SMILES string of the molecule is CC(C)(C)[Si]1(C(C)(C)C)NCCN1[Si](C)(C)F. The summed E-state index contributed by atoms with van der Waals surface area (Å²) < 4.78 is 17.0. The van der Waals surface area contributed by atoms with E-state index in [0.717, 1.165) is 13.1 Å². The summed E-state index contributed by atoms with van der Waals surface area (Å²) in [4.78, 5) is 3.77. The first kappa shape index (κ1) is 15.3. The lowest BCUT2D eigenvalue weighted by atomic mass is 10.2. The van der Waals surface area contributed by atoms with Gasteiger partial charge < -0.3 is 9.21 Å². The molecule has 0 atom stereocenters. The molecule has 5 heteroatoms. The summed E-state index contributed by atoms with van der Waals surface area (Å²) in [5.41, 5.74) is 0. The quantitative estimate of drug-likeness (QED) is 0.581. The summed E-state index contributed by atoms with van der Waals surface area (Å²) in [5.74, 6) is 0. The monoisotopic (exact) mass is 276 g/mol. The highest BCUT2D eigenvalue weighted by Gasteiger charge is 2.63. The van der Waals surface area contributed by atoms with Crippen LogP contribution in [-0.4, -0.2) is 34.3 Å². The van der Waals surface area contributed by atoms with Crippen LogP contribution >= 0.6 is 0 Å². The molecule has 17 heavy (non-hydrogen) atoms. The lowest BCUT2D eigenvalue weighted by Gasteiger charge is -2.55. The molecular weight excluding hydrogens is 247 g/mol. The van der Waals surface area contributed by atoms with Crippen LogP contribution in [0.2, 0.25) is 23.2 Å². The van der Waals surface area contributed by atoms with E-state index in [9.17, 15) is 4.11 Å². The molecular formula is C12H29FN2Si2. The number of rotatable bonds is 1. The Morgan fingerprint density at radius 2 is 1.47 bits per heavy atom. The molecule has 0 unspecified atom stereocenters. The smallest absolute Gasteiger partial charge is 0.310 e. The van der Waals surface area contributed by atoms with Crippen LogP contribution in [0.5, 0.6) is 0 Å². The predicted molar refractivity (Wildman–Crippen MR) is 78.5 cm³/mol. The molecule has 0 radical (unpaired) electrons. The van der Waals surface area contributed by atoms with Crippen LogP contribution in [0.3, 0.4) is 0 Å². The van der Waals surface area contributed by atoms with Gasteiger partial charge >= 0.3 is 8.57 Å². The van der Waals surface area contributed by atoms with Gasteiger partial charge in [-0.15, -0.1) is 0 Å². The van der Waals surface area contributed by atoms with Crippen LogP contribution in [-0.2, 0) is 0 Å². The van der Waals surface area contributed by atoms with Gasteiger partial charge in [-0.05, 0) is 23.2 Å². The minimum absolute atomic E-state index is 0.137. The molecule has 0 aromatic rings. The van der Waals surface area contributed by atoms with E-state index in [-0.39, 0.29) is 10.1 Å². The molecule has 1 heterocycles. The normalized spacial score (nSPS) is 23.1. The fourth-order valence-corrected chi connectivity index (χ4v) is 15.9. The highest BCUT2D eigenvalue weighted by Crippen LogP contribution is 2.53. The molecule has 2 nitrogen and oxygen atoms in total. The van der Waals surface area contributed by atoms with Gasteiger partial charge in [-0.1, -0.05) is 41.5 Å². The third-order valence-electron chi connectivity index (χ3n) is 3.93. The molecule has 1 aliphatic heterocycles. The molecule has 0 spiro atoms. The van der Waals surface area contributed by atoms with Crippen LogP contribution in [0.25, 0.3) is 0 Å². The summed E-state index contributed by atoms with van der Waals surface area (Å²) >= 11 is 0. The summed E-state index contributed by atoms with van der Waals surface area (Å²) in [6.45, 7) is 19.1. The Balaban J connectivity index is 3.34. The van der Waals surface area contributed by atoms with Crippen LogP contribution in [0.1, 0.15) is 41.5 Å². The molecule has 0 aromatic heterocycles. The first-order valence-corrected chi connectivity index (χ1v) is 11.3. The zero-order valence-electron chi connectivity index (χ0n) is 12.7. The molecule has 0 bridgehead atoms. The zero-order chi connectivity index (χ0) is 13.7. The summed E-state index contributed by atoms with van der Waals surface area (Å²) in [5, 5.41) is 0.274. The van der Waals surface area contributed by atoms with Crippen LogP contribution < -0.4 is 4.98 Å². The van der Waals surface area contributed by atoms with Gasteiger partial charge in [0, 0.05) is 13.1 Å². The van der Waals surface area contributed by atoms with E-state index in [1.54, 1.807) is 0 Å². The molecule has 0 saturated carbocycles. The van der Waals surface area contributed by atoms with E-state index in [1.807, 2.05) is 13.1 Å². The second kappa shape index (κ2) is 4.15. The number of hydrogen-bond acceptors (Lipinski definition) is 2. The Morgan fingerprint density at radius 3 is 1.71 bits per heavy atom. The Hall–Kier alpha value is 0.284. The van der Waals surface area contributed by atoms with Crippen molar-refractivity contribution in [3.05, 3.63) is 0 Å². The highest BCUT2D eigenvalue weighted by atomic mass is 28.4. The van der Waals surface area contributed by atoms with Crippen LogP contribution in [0.4, 0.5) is 4.11 Å². The van der Waals surface area contributed by atoms with Crippen molar-refractivity contribution in [3.63, 3.8) is 0 Å². The molecule has 1 fully saturated rings. The molecule has 0 amide bonds. The standard InChI is InChI=1S/C12H29FN2Si2/c1-11(2,3)17(12(4,5)6)14-9-10-15(17)16(7,8)13/h14H,9-10H2,1-8H3. The number of halogens is 1. The minimum atomic E-state index is -2.75. The van der Waals surface area contributed by atoms with Gasteiger partial charge in [-0.3, -0.25) is 4.11 Å². The zero-order valence-corrected chi connectivity index (χ0v) is 14.7. The molecule has 1 saturated heterocycles. The second-order valence-electron chi connectivity index (χ2n) is 7.70. The summed E-state index contributed by atoms with van der Waals surface area (Å²) in [7, 11) is -4.78. The Labute approximate surface area is 108 Å². The Kier molecular flexibility index (Phi) is 3.74. The topological polar surface area (TPSA) is 15.3 Å². The fourth-order valence-electron chi connectivity index (χ4n) is 3.74. The first-order chi connectivity index (χ1) is 7.34. The molecule has 0 aromatic carbocycles. The number of hydrogen-bond donors (Lipinski definition) is 1. The van der Waals surface area contributed by atoms with Gasteiger partial charge in [0.15, 0.2) is 0 Å². The Morgan fingerprint density at radius 1 is 1.06 bits per heavy atom. The highest BCUT2D eigenvalue weighted by molar-refractivity contribution is 6.91. The molecule has 1 aliphatic rings. The minimum Gasteiger partial charge on any atom is -0.324 e. The van der Waals surface area contributed by atoms with E-state index < -0.39 is 17.0 Å². The number of nitrogens with one attached hydrogen (secondary N) is 1. The van der Waals surface area contributed by atoms with Gasteiger partial charge in [0.2, 0.25) is 8.40 Å². The maximum absolute atomic E-state index is 14.7. The van der Waals surface area contributed by atoms with E-state index >= 15 is 0 Å². The molecule has 1 N–H and O–H groups in total. The third kappa shape index (κ3) is 2.39. The van der Waals surface area contributed by atoms with Crippen LogP contribution in [0.15, 0.2) is 0 Å². The predicted octanol–water partition coefficient (Wildman–Crippen LogP) is 3.61. The largest absolute Gasteiger partial charge is 0.324 e.